The van der Waals surface area contributed by atoms with E-state index in [1.807, 2.05) is 0 Å². The number of alkyl halides is 3. The van der Waals surface area contributed by atoms with Crippen LogP contribution in [0, 0.1) is 0 Å². The predicted molar refractivity (Wildman–Crippen MR) is 56.5 cm³/mol. The van der Waals surface area contributed by atoms with E-state index < -0.39 is 12.2 Å². The monoisotopic (exact) mass is 241 g/mol. The van der Waals surface area contributed by atoms with Gasteiger partial charge in [-0.25, -0.2) is 4.68 Å². The first kappa shape index (κ1) is 11.7. The molecule has 0 aliphatic rings. The van der Waals surface area contributed by atoms with Gasteiger partial charge >= 0.3 is 6.18 Å². The van der Waals surface area contributed by atoms with Crippen LogP contribution in [0.25, 0.3) is 5.69 Å². The molecule has 90 valence electrons. The number of nitrogens with zero attached hydrogens (tertiary/aromatic N) is 2. The molecule has 1 atom stereocenters. The molecule has 0 fully saturated rings. The number of nitrogens with two attached hydrogens (primary N) is 1. The van der Waals surface area contributed by atoms with Gasteiger partial charge in [0.05, 0.1) is 5.69 Å². The highest BCUT2D eigenvalue weighted by atomic mass is 19.4. The van der Waals surface area contributed by atoms with Gasteiger partial charge in [0.2, 0.25) is 0 Å². The minimum Gasteiger partial charge on any atom is -0.316 e. The molecule has 1 heterocycles. The van der Waals surface area contributed by atoms with Gasteiger partial charge in [-0.2, -0.15) is 18.3 Å². The summed E-state index contributed by atoms with van der Waals surface area (Å²) in [5.41, 5.74) is 5.55. The second-order valence-electron chi connectivity index (χ2n) is 3.53. The lowest BCUT2D eigenvalue weighted by atomic mass is 10.1. The number of aromatic nitrogens is 2. The first-order valence-electron chi connectivity index (χ1n) is 4.91. The van der Waals surface area contributed by atoms with Crippen molar-refractivity contribution in [1.82, 2.24) is 9.78 Å². The van der Waals surface area contributed by atoms with Gasteiger partial charge < -0.3 is 5.73 Å². The summed E-state index contributed by atoms with van der Waals surface area (Å²) in [6.45, 7) is 0. The van der Waals surface area contributed by atoms with Gasteiger partial charge in [-0.05, 0) is 12.1 Å². The largest absolute Gasteiger partial charge is 0.407 e. The zero-order valence-corrected chi connectivity index (χ0v) is 8.72. The Bertz CT molecular complexity index is 491. The van der Waals surface area contributed by atoms with Crippen molar-refractivity contribution in [2.45, 2.75) is 12.2 Å². The molecule has 6 heteroatoms. The molecule has 0 aliphatic carbocycles. The van der Waals surface area contributed by atoms with E-state index in [9.17, 15) is 13.2 Å². The molecule has 0 spiro atoms. The van der Waals surface area contributed by atoms with Crippen molar-refractivity contribution in [3.05, 3.63) is 48.3 Å². The molecular weight excluding hydrogens is 231 g/mol. The van der Waals surface area contributed by atoms with Crippen molar-refractivity contribution in [3.8, 4) is 5.69 Å². The molecule has 1 aromatic heterocycles. The van der Waals surface area contributed by atoms with Crippen LogP contribution in [-0.2, 0) is 0 Å². The molecule has 0 saturated heterocycles. The van der Waals surface area contributed by atoms with Gasteiger partial charge in [-0.15, -0.1) is 0 Å². The molecule has 2 rings (SSSR count). The maximum Gasteiger partial charge on any atom is 0.407 e. The number of hydrogen-bond donors (Lipinski definition) is 1. The summed E-state index contributed by atoms with van der Waals surface area (Å²) in [5.74, 6) is 0. The Balaban J connectivity index is 2.49. The Labute approximate surface area is 95.7 Å². The van der Waals surface area contributed by atoms with Crippen LogP contribution in [0.15, 0.2) is 42.7 Å². The predicted octanol–water partition coefficient (Wildman–Crippen LogP) is 2.43. The van der Waals surface area contributed by atoms with Crippen LogP contribution in [0.2, 0.25) is 0 Å². The number of halogens is 3. The highest BCUT2D eigenvalue weighted by Crippen LogP contribution is 2.33. The van der Waals surface area contributed by atoms with Gasteiger partial charge in [0.1, 0.15) is 6.04 Å². The topological polar surface area (TPSA) is 43.8 Å². The highest BCUT2D eigenvalue weighted by molar-refractivity contribution is 5.42. The normalized spacial score (nSPS) is 13.6. The lowest BCUT2D eigenvalue weighted by molar-refractivity contribution is -0.149. The smallest absolute Gasteiger partial charge is 0.316 e. The Hall–Kier alpha value is -1.82. The van der Waals surface area contributed by atoms with Crippen molar-refractivity contribution in [1.29, 1.82) is 0 Å². The Morgan fingerprint density at radius 3 is 2.47 bits per heavy atom. The summed E-state index contributed by atoms with van der Waals surface area (Å²) in [6.07, 6.45) is -1.40. The first-order chi connectivity index (χ1) is 8.00. The van der Waals surface area contributed by atoms with E-state index in [1.54, 1.807) is 24.4 Å². The van der Waals surface area contributed by atoms with Gasteiger partial charge in [-0.1, -0.05) is 18.2 Å². The number of hydrogen-bond acceptors (Lipinski definition) is 2. The minimum absolute atomic E-state index is 0.00343. The van der Waals surface area contributed by atoms with E-state index in [2.05, 4.69) is 5.10 Å². The highest BCUT2D eigenvalue weighted by Gasteiger charge is 2.39. The third-order valence-electron chi connectivity index (χ3n) is 2.38. The molecule has 2 aromatic rings. The van der Waals surface area contributed by atoms with E-state index in [1.165, 1.54) is 23.0 Å². The van der Waals surface area contributed by atoms with Gasteiger partial charge in [0, 0.05) is 18.0 Å². The SMILES string of the molecule is NC(c1ccccc1-n1cccn1)C(F)(F)F. The Morgan fingerprint density at radius 2 is 1.88 bits per heavy atom. The van der Waals surface area contributed by atoms with Gasteiger partial charge in [0.15, 0.2) is 0 Å². The molecule has 1 unspecified atom stereocenters. The lowest BCUT2D eigenvalue weighted by Gasteiger charge is -2.18. The average Bonchev–Trinajstić information content (AvgIpc) is 2.80. The van der Waals surface area contributed by atoms with Crippen molar-refractivity contribution in [3.63, 3.8) is 0 Å². The maximum absolute atomic E-state index is 12.6. The second kappa shape index (κ2) is 4.21. The zero-order chi connectivity index (χ0) is 12.5. The molecule has 0 saturated carbocycles. The van der Waals surface area contributed by atoms with Crippen LogP contribution in [0.1, 0.15) is 11.6 Å². The van der Waals surface area contributed by atoms with E-state index in [4.69, 9.17) is 5.73 Å². The third-order valence-corrected chi connectivity index (χ3v) is 2.38. The van der Waals surface area contributed by atoms with Crippen molar-refractivity contribution >= 4 is 0 Å². The second-order valence-corrected chi connectivity index (χ2v) is 3.53. The Kier molecular flexibility index (Phi) is 2.89. The number of benzene rings is 1. The van der Waals surface area contributed by atoms with Crippen LogP contribution in [-0.4, -0.2) is 16.0 Å². The molecule has 2 N–H and O–H groups in total. The standard InChI is InChI=1S/C11H10F3N3/c12-11(13,14)10(15)8-4-1-2-5-9(8)17-7-3-6-16-17/h1-7,10H,15H2. The molecule has 1 aromatic carbocycles. The van der Waals surface area contributed by atoms with E-state index >= 15 is 0 Å². The molecular formula is C11H10F3N3. The van der Waals surface area contributed by atoms with Crippen LogP contribution in [0.5, 0.6) is 0 Å². The van der Waals surface area contributed by atoms with Crippen LogP contribution in [0.3, 0.4) is 0 Å². The van der Waals surface area contributed by atoms with Gasteiger partial charge in [-0.3, -0.25) is 0 Å². The summed E-state index contributed by atoms with van der Waals surface area (Å²) in [7, 11) is 0. The summed E-state index contributed by atoms with van der Waals surface area (Å²) >= 11 is 0. The Morgan fingerprint density at radius 1 is 1.18 bits per heavy atom. The van der Waals surface area contributed by atoms with Crippen LogP contribution < -0.4 is 5.73 Å². The molecule has 0 radical (unpaired) electrons. The van der Waals surface area contributed by atoms with Crippen molar-refractivity contribution in [2.24, 2.45) is 5.73 Å². The zero-order valence-electron chi connectivity index (χ0n) is 8.72. The van der Waals surface area contributed by atoms with E-state index in [-0.39, 0.29) is 5.56 Å². The van der Waals surface area contributed by atoms with Crippen molar-refractivity contribution in [2.75, 3.05) is 0 Å². The maximum atomic E-state index is 12.6. The lowest BCUT2D eigenvalue weighted by Crippen LogP contribution is -2.29. The minimum atomic E-state index is -4.47. The molecule has 0 amide bonds. The molecule has 17 heavy (non-hydrogen) atoms. The molecule has 3 nitrogen and oxygen atoms in total. The third kappa shape index (κ3) is 2.31. The first-order valence-corrected chi connectivity index (χ1v) is 4.91. The summed E-state index contributed by atoms with van der Waals surface area (Å²) in [6, 6.07) is 5.69. The fourth-order valence-corrected chi connectivity index (χ4v) is 1.55. The van der Waals surface area contributed by atoms with Gasteiger partial charge in [0.25, 0.3) is 0 Å². The summed E-state index contributed by atoms with van der Waals surface area (Å²) in [4.78, 5) is 0. The van der Waals surface area contributed by atoms with E-state index in [0.29, 0.717) is 5.69 Å². The average molecular weight is 241 g/mol. The van der Waals surface area contributed by atoms with E-state index in [0.717, 1.165) is 0 Å². The summed E-state index contributed by atoms with van der Waals surface area (Å²) in [5, 5.41) is 3.91. The van der Waals surface area contributed by atoms with Crippen LogP contribution >= 0.6 is 0 Å². The van der Waals surface area contributed by atoms with Crippen LogP contribution in [0.4, 0.5) is 13.2 Å². The quantitative estimate of drug-likeness (QED) is 0.877. The fraction of sp³-hybridized carbons (Fsp3) is 0.182. The molecule has 0 aliphatic heterocycles. The van der Waals surface area contributed by atoms with Crippen molar-refractivity contribution < 1.29 is 13.2 Å². The number of para-hydroxylation sites is 1. The fourth-order valence-electron chi connectivity index (χ4n) is 1.55. The molecule has 0 bridgehead atoms. The summed E-state index contributed by atoms with van der Waals surface area (Å²) < 4.78 is 39.2. The number of rotatable bonds is 2.